The van der Waals surface area contributed by atoms with E-state index in [1.54, 1.807) is 19.1 Å². The zero-order valence-corrected chi connectivity index (χ0v) is 16.7. The van der Waals surface area contributed by atoms with Crippen molar-refractivity contribution in [3.05, 3.63) is 58.1 Å². The Hall–Kier alpha value is -2.98. The summed E-state index contributed by atoms with van der Waals surface area (Å²) in [6.07, 6.45) is -7.90. The molecule has 0 amide bonds. The minimum absolute atomic E-state index is 0.0648. The first-order valence-corrected chi connectivity index (χ1v) is 9.68. The highest BCUT2D eigenvalue weighted by atomic mass is 16.7. The summed E-state index contributed by atoms with van der Waals surface area (Å²) < 4.78 is 10.7. The molecule has 0 aromatic heterocycles. The van der Waals surface area contributed by atoms with Gasteiger partial charge in [0.15, 0.2) is 0 Å². The van der Waals surface area contributed by atoms with E-state index < -0.39 is 48.4 Å². The zero-order valence-electron chi connectivity index (χ0n) is 16.7. The molecule has 4 rings (SSSR count). The van der Waals surface area contributed by atoms with Gasteiger partial charge in [-0.15, -0.1) is 0 Å². The van der Waals surface area contributed by atoms with Crippen LogP contribution < -0.4 is 0 Å². The van der Waals surface area contributed by atoms with Crippen LogP contribution >= 0.6 is 0 Å². The molecule has 2 aliphatic rings. The number of benzene rings is 2. The van der Waals surface area contributed by atoms with Gasteiger partial charge in [0, 0.05) is 12.8 Å². The lowest BCUT2D eigenvalue weighted by molar-refractivity contribution is -0.289. The van der Waals surface area contributed by atoms with Crippen LogP contribution in [0.25, 0.3) is 0 Å². The fourth-order valence-corrected chi connectivity index (χ4v) is 4.41. The molecule has 5 N–H and O–H groups in total. The predicted octanol–water partition coefficient (Wildman–Crippen LogP) is 0.453. The summed E-state index contributed by atoms with van der Waals surface area (Å²) in [5, 5.41) is 52.2. The number of aliphatic hydroxyl groups excluding tert-OH is 3. The number of carbonyl (C=O) groups is 2. The molecule has 0 radical (unpaired) electrons. The molecule has 0 bridgehead atoms. The van der Waals surface area contributed by atoms with Crippen molar-refractivity contribution < 1.29 is 44.6 Å². The number of esters is 1. The zero-order chi connectivity index (χ0) is 22.6. The van der Waals surface area contributed by atoms with Gasteiger partial charge in [0.25, 0.3) is 0 Å². The molecular weight excluding hydrogens is 408 g/mol. The van der Waals surface area contributed by atoms with Crippen LogP contribution in [-0.2, 0) is 14.3 Å². The van der Waals surface area contributed by atoms with Gasteiger partial charge in [-0.3, -0.25) is 9.59 Å². The van der Waals surface area contributed by atoms with E-state index in [1.807, 2.05) is 0 Å². The van der Waals surface area contributed by atoms with Crippen LogP contribution in [0.1, 0.15) is 45.5 Å². The van der Waals surface area contributed by atoms with Gasteiger partial charge in [-0.1, -0.05) is 18.2 Å². The highest BCUT2D eigenvalue weighted by Crippen LogP contribution is 2.47. The van der Waals surface area contributed by atoms with E-state index in [-0.39, 0.29) is 22.6 Å². The van der Waals surface area contributed by atoms with E-state index in [4.69, 9.17) is 9.47 Å². The molecule has 1 aliphatic carbocycles. The van der Waals surface area contributed by atoms with Crippen molar-refractivity contribution in [1.82, 2.24) is 0 Å². The van der Waals surface area contributed by atoms with Gasteiger partial charge >= 0.3 is 5.97 Å². The third kappa shape index (κ3) is 3.35. The summed E-state index contributed by atoms with van der Waals surface area (Å²) >= 11 is 0. The van der Waals surface area contributed by atoms with E-state index in [0.29, 0.717) is 16.7 Å². The Labute approximate surface area is 177 Å². The average molecular weight is 430 g/mol. The molecule has 0 saturated carbocycles. The number of ketones is 1. The number of ether oxygens (including phenoxy) is 2. The summed E-state index contributed by atoms with van der Waals surface area (Å²) in [6, 6.07) is 7.44. The van der Waals surface area contributed by atoms with Crippen molar-refractivity contribution in [3.63, 3.8) is 0 Å². The van der Waals surface area contributed by atoms with Crippen molar-refractivity contribution in [3.8, 4) is 11.5 Å². The van der Waals surface area contributed by atoms with Crippen LogP contribution in [0.2, 0.25) is 0 Å². The molecule has 9 nitrogen and oxygen atoms in total. The Morgan fingerprint density at radius 2 is 1.65 bits per heavy atom. The Morgan fingerprint density at radius 1 is 0.968 bits per heavy atom. The van der Waals surface area contributed by atoms with Crippen LogP contribution in [0.3, 0.4) is 0 Å². The lowest BCUT2D eigenvalue weighted by atomic mass is 9.71. The topological polar surface area (TPSA) is 154 Å². The van der Waals surface area contributed by atoms with Gasteiger partial charge in [-0.25, -0.2) is 0 Å². The van der Waals surface area contributed by atoms with Gasteiger partial charge in [0.1, 0.15) is 35.9 Å². The van der Waals surface area contributed by atoms with Crippen molar-refractivity contribution in [2.45, 2.75) is 50.5 Å². The van der Waals surface area contributed by atoms with E-state index in [1.165, 1.54) is 18.2 Å². The minimum Gasteiger partial charge on any atom is -0.507 e. The molecule has 1 heterocycles. The molecule has 1 saturated heterocycles. The molecule has 6 atom stereocenters. The Bertz CT molecular complexity index is 1060. The highest BCUT2D eigenvalue weighted by molar-refractivity contribution is 6.16. The van der Waals surface area contributed by atoms with Gasteiger partial charge in [0.05, 0.1) is 11.1 Å². The van der Waals surface area contributed by atoms with Crippen LogP contribution in [0.5, 0.6) is 11.5 Å². The van der Waals surface area contributed by atoms with Crippen molar-refractivity contribution in [2.75, 3.05) is 0 Å². The van der Waals surface area contributed by atoms with Gasteiger partial charge in [-0.2, -0.15) is 0 Å². The number of fused-ring (bicyclic) bond motifs is 2. The fourth-order valence-electron chi connectivity index (χ4n) is 4.41. The number of aryl methyl sites for hydroxylation is 1. The number of carbonyl (C=O) groups excluding carboxylic acids is 2. The van der Waals surface area contributed by atoms with E-state index in [0.717, 1.165) is 6.92 Å². The maximum Gasteiger partial charge on any atom is 0.305 e. The second-order valence-corrected chi connectivity index (χ2v) is 7.85. The number of phenols is 2. The number of rotatable bonds is 2. The standard InChI is InChI=1S/C22H22O9/c1-8-6-11-14(21-19(28)18(27)20(29)22(31-21)30-9(2)23)10-4-3-5-12(24)15(10)17(26)16(11)13(25)7-8/h3-7,14,18-22,24-25,27-29H,1-2H3/t14-,18-,19-,20-,21+,22+/m1/s1. The van der Waals surface area contributed by atoms with Gasteiger partial charge in [0.2, 0.25) is 12.1 Å². The van der Waals surface area contributed by atoms with Crippen molar-refractivity contribution in [1.29, 1.82) is 0 Å². The molecular formula is C22H22O9. The first-order chi connectivity index (χ1) is 14.6. The second-order valence-electron chi connectivity index (χ2n) is 7.85. The maximum absolute atomic E-state index is 13.1. The number of hydrogen-bond acceptors (Lipinski definition) is 9. The van der Waals surface area contributed by atoms with Crippen molar-refractivity contribution in [2.24, 2.45) is 0 Å². The molecule has 9 heteroatoms. The highest BCUT2D eigenvalue weighted by Gasteiger charge is 2.51. The summed E-state index contributed by atoms with van der Waals surface area (Å²) in [7, 11) is 0. The maximum atomic E-state index is 13.1. The SMILES string of the molecule is CC(=O)O[C@H]1O[C@@H]([C@@H]2c3cccc(O)c3C(=O)c3c(O)cc(C)cc32)[C@H](O)[C@@H](O)[C@H]1O. The normalized spacial score (nSPS) is 29.8. The van der Waals surface area contributed by atoms with Crippen LogP contribution in [0.4, 0.5) is 0 Å². The smallest absolute Gasteiger partial charge is 0.305 e. The largest absolute Gasteiger partial charge is 0.507 e. The minimum atomic E-state index is -1.72. The number of aromatic hydroxyl groups is 2. The number of hydrogen-bond donors (Lipinski definition) is 5. The summed E-state index contributed by atoms with van der Waals surface area (Å²) in [4.78, 5) is 24.5. The third-order valence-corrected chi connectivity index (χ3v) is 5.71. The fraction of sp³-hybridized carbons (Fsp3) is 0.364. The quantitative estimate of drug-likeness (QED) is 0.427. The van der Waals surface area contributed by atoms with E-state index in [9.17, 15) is 35.1 Å². The summed E-state index contributed by atoms with van der Waals surface area (Å²) in [6.45, 7) is 2.81. The molecule has 2 aromatic carbocycles. The first kappa shape index (κ1) is 21.3. The predicted molar refractivity (Wildman–Crippen MR) is 105 cm³/mol. The summed E-state index contributed by atoms with van der Waals surface area (Å²) in [5.41, 5.74) is 1.11. The Balaban J connectivity index is 1.92. The van der Waals surface area contributed by atoms with Gasteiger partial charge in [-0.05, 0) is 35.7 Å². The Morgan fingerprint density at radius 3 is 2.32 bits per heavy atom. The monoisotopic (exact) mass is 430 g/mol. The number of phenolic OH excluding ortho intramolecular Hbond substituents is 2. The average Bonchev–Trinajstić information content (AvgIpc) is 2.68. The van der Waals surface area contributed by atoms with Crippen LogP contribution in [0.15, 0.2) is 30.3 Å². The lowest BCUT2D eigenvalue weighted by Crippen LogP contribution is -2.60. The molecule has 1 aliphatic heterocycles. The van der Waals surface area contributed by atoms with Crippen molar-refractivity contribution >= 4 is 11.8 Å². The third-order valence-electron chi connectivity index (χ3n) is 5.71. The molecule has 0 unspecified atom stereocenters. The van der Waals surface area contributed by atoms with Gasteiger partial charge < -0.3 is 35.0 Å². The molecule has 164 valence electrons. The molecule has 2 aromatic rings. The van der Waals surface area contributed by atoms with E-state index in [2.05, 4.69) is 0 Å². The molecule has 0 spiro atoms. The summed E-state index contributed by atoms with van der Waals surface area (Å²) in [5.74, 6) is -2.92. The second kappa shape index (κ2) is 7.61. The first-order valence-electron chi connectivity index (χ1n) is 9.68. The van der Waals surface area contributed by atoms with Crippen LogP contribution in [0, 0.1) is 6.92 Å². The molecule has 1 fully saturated rings. The van der Waals surface area contributed by atoms with Crippen LogP contribution in [-0.4, -0.2) is 68.0 Å². The number of aliphatic hydroxyl groups is 3. The Kier molecular flexibility index (Phi) is 5.22. The lowest BCUT2D eigenvalue weighted by Gasteiger charge is -2.44. The molecule has 31 heavy (non-hydrogen) atoms. The van der Waals surface area contributed by atoms with E-state index >= 15 is 0 Å².